The van der Waals surface area contributed by atoms with Crippen LogP contribution in [0, 0.1) is 13.8 Å². The van der Waals surface area contributed by atoms with Gasteiger partial charge in [0.25, 0.3) is 0 Å². The molecule has 4 aromatic rings. The fourth-order valence-electron chi connectivity index (χ4n) is 3.34. The highest BCUT2D eigenvalue weighted by Crippen LogP contribution is 2.26. The van der Waals surface area contributed by atoms with E-state index in [4.69, 9.17) is 0 Å². The molecule has 0 fully saturated rings. The molecule has 0 aliphatic heterocycles. The normalized spacial score (nSPS) is 10.8. The van der Waals surface area contributed by atoms with E-state index in [1.807, 2.05) is 66.9 Å². The number of pyridine rings is 1. The SMILES string of the molecule is Cc1cccc(C)c1NC(=O)CSc1nnc(-c2ccncc2)n1Cc1ccccc1. The highest BCUT2D eigenvalue weighted by Gasteiger charge is 2.16. The van der Waals surface area contributed by atoms with E-state index in [-0.39, 0.29) is 11.7 Å². The van der Waals surface area contributed by atoms with Gasteiger partial charge in [0.2, 0.25) is 5.91 Å². The fraction of sp³-hybridized carbons (Fsp3) is 0.167. The van der Waals surface area contributed by atoms with Crippen molar-refractivity contribution in [3.63, 3.8) is 0 Å². The lowest BCUT2D eigenvalue weighted by Gasteiger charge is -2.12. The van der Waals surface area contributed by atoms with Crippen LogP contribution in [-0.4, -0.2) is 31.4 Å². The van der Waals surface area contributed by atoms with Gasteiger partial charge in [-0.3, -0.25) is 14.3 Å². The third kappa shape index (κ3) is 5.00. The molecule has 0 saturated heterocycles. The fourth-order valence-corrected chi connectivity index (χ4v) is 4.07. The minimum Gasteiger partial charge on any atom is -0.325 e. The molecule has 31 heavy (non-hydrogen) atoms. The number of amides is 1. The van der Waals surface area contributed by atoms with E-state index in [1.165, 1.54) is 11.8 Å². The summed E-state index contributed by atoms with van der Waals surface area (Å²) >= 11 is 1.38. The van der Waals surface area contributed by atoms with E-state index in [1.54, 1.807) is 12.4 Å². The van der Waals surface area contributed by atoms with Crippen molar-refractivity contribution in [3.05, 3.63) is 89.7 Å². The number of aromatic nitrogens is 4. The Labute approximate surface area is 185 Å². The van der Waals surface area contributed by atoms with Crippen LogP contribution in [0.3, 0.4) is 0 Å². The molecule has 1 N–H and O–H groups in total. The summed E-state index contributed by atoms with van der Waals surface area (Å²) in [7, 11) is 0. The summed E-state index contributed by atoms with van der Waals surface area (Å²) in [6.07, 6.45) is 3.48. The Morgan fingerprint density at radius 2 is 1.65 bits per heavy atom. The van der Waals surface area contributed by atoms with Gasteiger partial charge in [-0.2, -0.15) is 0 Å². The lowest BCUT2D eigenvalue weighted by molar-refractivity contribution is -0.113. The van der Waals surface area contributed by atoms with Crippen molar-refractivity contribution in [1.29, 1.82) is 0 Å². The van der Waals surface area contributed by atoms with E-state index in [0.717, 1.165) is 33.8 Å². The van der Waals surface area contributed by atoms with Gasteiger partial charge in [-0.25, -0.2) is 0 Å². The zero-order valence-corrected chi connectivity index (χ0v) is 18.3. The van der Waals surface area contributed by atoms with E-state index >= 15 is 0 Å². The van der Waals surface area contributed by atoms with Gasteiger partial charge in [-0.1, -0.05) is 60.3 Å². The topological polar surface area (TPSA) is 72.7 Å². The highest BCUT2D eigenvalue weighted by molar-refractivity contribution is 7.99. The molecule has 0 saturated carbocycles. The van der Waals surface area contributed by atoms with E-state index in [9.17, 15) is 4.79 Å². The Morgan fingerprint density at radius 3 is 2.35 bits per heavy atom. The minimum atomic E-state index is -0.0675. The molecule has 0 aliphatic rings. The molecule has 4 rings (SSSR count). The first-order valence-electron chi connectivity index (χ1n) is 9.98. The summed E-state index contributed by atoms with van der Waals surface area (Å²) in [5.41, 5.74) is 5.04. The molecular formula is C24H23N5OS. The van der Waals surface area contributed by atoms with Crippen LogP contribution in [0.5, 0.6) is 0 Å². The summed E-state index contributed by atoms with van der Waals surface area (Å²) in [5.74, 6) is 0.933. The van der Waals surface area contributed by atoms with Crippen molar-refractivity contribution in [2.45, 2.75) is 25.5 Å². The highest BCUT2D eigenvalue weighted by atomic mass is 32.2. The predicted molar refractivity (Wildman–Crippen MR) is 124 cm³/mol. The molecule has 0 radical (unpaired) electrons. The van der Waals surface area contributed by atoms with Crippen molar-refractivity contribution in [2.75, 3.05) is 11.1 Å². The summed E-state index contributed by atoms with van der Waals surface area (Å²) in [6.45, 7) is 4.60. The Kier molecular flexibility index (Phi) is 6.43. The number of hydrogen-bond acceptors (Lipinski definition) is 5. The summed E-state index contributed by atoms with van der Waals surface area (Å²) in [4.78, 5) is 16.7. The number of thioether (sulfide) groups is 1. The van der Waals surface area contributed by atoms with Gasteiger partial charge < -0.3 is 5.32 Å². The van der Waals surface area contributed by atoms with E-state index in [0.29, 0.717) is 11.7 Å². The second kappa shape index (κ2) is 9.57. The predicted octanol–water partition coefficient (Wildman–Crippen LogP) is 4.74. The number of aryl methyl sites for hydroxylation is 2. The van der Waals surface area contributed by atoms with Crippen LogP contribution in [0.15, 0.2) is 78.2 Å². The van der Waals surface area contributed by atoms with Crippen molar-refractivity contribution in [1.82, 2.24) is 19.7 Å². The molecule has 0 atom stereocenters. The molecule has 0 aliphatic carbocycles. The van der Waals surface area contributed by atoms with Crippen molar-refractivity contribution in [2.24, 2.45) is 0 Å². The molecule has 156 valence electrons. The standard InChI is InChI=1S/C24H23N5OS/c1-17-7-6-8-18(2)22(17)26-21(30)16-31-24-28-27-23(20-11-13-25-14-12-20)29(24)15-19-9-4-3-5-10-19/h3-14H,15-16H2,1-2H3,(H,26,30). The van der Waals surface area contributed by atoms with Crippen LogP contribution in [0.1, 0.15) is 16.7 Å². The molecule has 0 spiro atoms. The van der Waals surface area contributed by atoms with Gasteiger partial charge in [-0.15, -0.1) is 10.2 Å². The van der Waals surface area contributed by atoms with Crippen LogP contribution in [0.25, 0.3) is 11.4 Å². The van der Waals surface area contributed by atoms with Crippen LogP contribution in [0.2, 0.25) is 0 Å². The molecule has 2 heterocycles. The molecule has 1 amide bonds. The van der Waals surface area contributed by atoms with Crippen molar-refractivity contribution < 1.29 is 4.79 Å². The Balaban J connectivity index is 1.55. The Morgan fingerprint density at radius 1 is 0.935 bits per heavy atom. The number of rotatable bonds is 7. The number of para-hydroxylation sites is 1. The van der Waals surface area contributed by atoms with Gasteiger partial charge in [0.15, 0.2) is 11.0 Å². The van der Waals surface area contributed by atoms with Crippen LogP contribution in [-0.2, 0) is 11.3 Å². The monoisotopic (exact) mass is 429 g/mol. The first-order valence-corrected chi connectivity index (χ1v) is 11.0. The van der Waals surface area contributed by atoms with Crippen LogP contribution < -0.4 is 5.32 Å². The van der Waals surface area contributed by atoms with Gasteiger partial charge in [0.05, 0.1) is 12.3 Å². The minimum absolute atomic E-state index is 0.0675. The second-order valence-electron chi connectivity index (χ2n) is 7.22. The van der Waals surface area contributed by atoms with Gasteiger partial charge in [0.1, 0.15) is 0 Å². The smallest absolute Gasteiger partial charge is 0.234 e. The Hall–Kier alpha value is -3.45. The number of nitrogens with zero attached hydrogens (tertiary/aromatic N) is 4. The third-order valence-corrected chi connectivity index (χ3v) is 5.88. The van der Waals surface area contributed by atoms with Gasteiger partial charge >= 0.3 is 0 Å². The first kappa shape index (κ1) is 20.8. The summed E-state index contributed by atoms with van der Waals surface area (Å²) < 4.78 is 2.04. The number of carbonyl (C=O) groups excluding carboxylic acids is 1. The third-order valence-electron chi connectivity index (χ3n) is 4.92. The summed E-state index contributed by atoms with van der Waals surface area (Å²) in [6, 6.07) is 19.9. The molecule has 0 unspecified atom stereocenters. The van der Waals surface area contributed by atoms with Crippen molar-refractivity contribution >= 4 is 23.4 Å². The molecule has 2 aromatic carbocycles. The number of nitrogens with one attached hydrogen (secondary N) is 1. The average Bonchev–Trinajstić information content (AvgIpc) is 3.18. The molecular weight excluding hydrogens is 406 g/mol. The zero-order valence-electron chi connectivity index (χ0n) is 17.4. The maximum atomic E-state index is 12.6. The zero-order chi connectivity index (χ0) is 21.6. The maximum Gasteiger partial charge on any atom is 0.234 e. The van der Waals surface area contributed by atoms with Crippen molar-refractivity contribution in [3.8, 4) is 11.4 Å². The number of carbonyl (C=O) groups is 1. The van der Waals surface area contributed by atoms with Crippen LogP contribution >= 0.6 is 11.8 Å². The molecule has 6 nitrogen and oxygen atoms in total. The quantitative estimate of drug-likeness (QED) is 0.430. The molecule has 7 heteroatoms. The largest absolute Gasteiger partial charge is 0.325 e. The van der Waals surface area contributed by atoms with E-state index < -0.39 is 0 Å². The average molecular weight is 430 g/mol. The van der Waals surface area contributed by atoms with Gasteiger partial charge in [0, 0.05) is 23.6 Å². The molecule has 2 aromatic heterocycles. The second-order valence-corrected chi connectivity index (χ2v) is 8.16. The lowest BCUT2D eigenvalue weighted by atomic mass is 10.1. The number of anilines is 1. The number of hydrogen-bond donors (Lipinski definition) is 1. The first-order chi connectivity index (χ1) is 15.1. The molecule has 0 bridgehead atoms. The summed E-state index contributed by atoms with van der Waals surface area (Å²) in [5, 5.41) is 12.5. The van der Waals surface area contributed by atoms with Crippen LogP contribution in [0.4, 0.5) is 5.69 Å². The van der Waals surface area contributed by atoms with Gasteiger partial charge in [-0.05, 0) is 42.7 Å². The van der Waals surface area contributed by atoms with E-state index in [2.05, 4.69) is 32.6 Å². The maximum absolute atomic E-state index is 12.6. The Bertz CT molecular complexity index is 1160. The lowest BCUT2D eigenvalue weighted by Crippen LogP contribution is -2.16. The number of benzene rings is 2.